The smallest absolute Gasteiger partial charge is 0.388 e. The average molecular weight is 490 g/mol. The molecule has 0 saturated heterocycles. The van der Waals surface area contributed by atoms with E-state index in [2.05, 4.69) is 15.5 Å². The predicted octanol–water partition coefficient (Wildman–Crippen LogP) is 6.46. The number of benzene rings is 2. The standard InChI is InChI=1S/C18H12ClF2N3O3.C3H5F3/c19-11-2-1-3-12(20)15(11)22-16(26)10-6-13(21)9(7-14(10)25)18-24-23-17(27-18)8-4-5-8;1-2-3(4,5)6/h1-3,6-8,25H,4-5H2,(H,22,26);2H2,1H3. The number of carbonyl (C=O) groups excluding carboxylic acids is 1. The van der Waals surface area contributed by atoms with Crippen LogP contribution in [-0.2, 0) is 0 Å². The van der Waals surface area contributed by atoms with E-state index in [1.54, 1.807) is 0 Å². The van der Waals surface area contributed by atoms with Crippen LogP contribution in [0.5, 0.6) is 5.75 Å². The highest BCUT2D eigenvalue weighted by Crippen LogP contribution is 2.40. The molecule has 33 heavy (non-hydrogen) atoms. The molecular weight excluding hydrogens is 473 g/mol. The number of phenols is 1. The van der Waals surface area contributed by atoms with Gasteiger partial charge in [-0.05, 0) is 37.1 Å². The third kappa shape index (κ3) is 6.19. The highest BCUT2D eigenvalue weighted by Gasteiger charge is 2.30. The molecule has 1 saturated carbocycles. The van der Waals surface area contributed by atoms with Crippen molar-refractivity contribution in [1.82, 2.24) is 10.2 Å². The summed E-state index contributed by atoms with van der Waals surface area (Å²) < 4.78 is 66.1. The lowest BCUT2D eigenvalue weighted by molar-refractivity contribution is -0.130. The normalized spacial score (nSPS) is 13.3. The quantitative estimate of drug-likeness (QED) is 0.410. The van der Waals surface area contributed by atoms with Crippen molar-refractivity contribution in [2.45, 2.75) is 38.3 Å². The number of carbonyl (C=O) groups is 1. The van der Waals surface area contributed by atoms with Crippen molar-refractivity contribution in [2.75, 3.05) is 5.32 Å². The van der Waals surface area contributed by atoms with Gasteiger partial charge in [0, 0.05) is 12.3 Å². The van der Waals surface area contributed by atoms with E-state index < -0.39 is 41.5 Å². The van der Waals surface area contributed by atoms with E-state index in [0.29, 0.717) is 5.89 Å². The lowest BCUT2D eigenvalue weighted by atomic mass is 10.1. The van der Waals surface area contributed by atoms with Gasteiger partial charge in [-0.25, -0.2) is 8.78 Å². The fraction of sp³-hybridized carbons (Fsp3) is 0.286. The molecule has 1 aliphatic rings. The predicted molar refractivity (Wildman–Crippen MR) is 109 cm³/mol. The van der Waals surface area contributed by atoms with E-state index in [0.717, 1.165) is 38.0 Å². The largest absolute Gasteiger partial charge is 0.507 e. The number of alkyl halides is 3. The number of hydrogen-bond acceptors (Lipinski definition) is 5. The Labute approximate surface area is 189 Å². The van der Waals surface area contributed by atoms with Crippen LogP contribution in [0.25, 0.3) is 11.5 Å². The lowest BCUT2D eigenvalue weighted by Gasteiger charge is -2.10. The Morgan fingerprint density at radius 2 is 1.88 bits per heavy atom. The van der Waals surface area contributed by atoms with Crippen LogP contribution < -0.4 is 5.32 Å². The van der Waals surface area contributed by atoms with E-state index in [4.69, 9.17) is 16.0 Å². The molecule has 0 spiro atoms. The monoisotopic (exact) mass is 489 g/mol. The number of nitrogens with one attached hydrogen (secondary N) is 1. The summed E-state index contributed by atoms with van der Waals surface area (Å²) in [6.45, 7) is 1.08. The first-order valence-corrected chi connectivity index (χ1v) is 10.1. The van der Waals surface area contributed by atoms with Gasteiger partial charge in [-0.15, -0.1) is 10.2 Å². The molecule has 176 valence electrons. The molecule has 0 aliphatic heterocycles. The molecule has 12 heteroatoms. The molecule has 0 atom stereocenters. The zero-order valence-electron chi connectivity index (χ0n) is 17.0. The van der Waals surface area contributed by atoms with Crippen molar-refractivity contribution in [3.63, 3.8) is 0 Å². The Hall–Kier alpha value is -3.21. The second-order valence-corrected chi connectivity index (χ2v) is 7.50. The Bertz CT molecular complexity index is 1140. The molecule has 2 aromatic carbocycles. The molecule has 1 aliphatic carbocycles. The average Bonchev–Trinajstić information content (AvgIpc) is 3.49. The van der Waals surface area contributed by atoms with Gasteiger partial charge >= 0.3 is 6.18 Å². The summed E-state index contributed by atoms with van der Waals surface area (Å²) in [5.41, 5.74) is -0.788. The van der Waals surface area contributed by atoms with Gasteiger partial charge < -0.3 is 14.8 Å². The number of amides is 1. The van der Waals surface area contributed by atoms with Crippen molar-refractivity contribution >= 4 is 23.2 Å². The minimum absolute atomic E-state index is 0.0293. The SMILES string of the molecule is CCC(F)(F)F.O=C(Nc1c(F)cccc1Cl)c1cc(F)c(-c2nnc(C3CC3)o2)cc1O. The van der Waals surface area contributed by atoms with Crippen LogP contribution in [0, 0.1) is 11.6 Å². The van der Waals surface area contributed by atoms with Gasteiger partial charge in [-0.2, -0.15) is 13.2 Å². The first-order valence-electron chi connectivity index (χ1n) is 9.68. The molecule has 3 aromatic rings. The molecule has 6 nitrogen and oxygen atoms in total. The first-order chi connectivity index (χ1) is 15.5. The van der Waals surface area contributed by atoms with Crippen molar-refractivity contribution in [3.05, 3.63) is 58.4 Å². The highest BCUT2D eigenvalue weighted by atomic mass is 35.5. The van der Waals surface area contributed by atoms with Crippen molar-refractivity contribution in [1.29, 1.82) is 0 Å². The fourth-order valence-corrected chi connectivity index (χ4v) is 2.75. The molecule has 1 aromatic heterocycles. The van der Waals surface area contributed by atoms with Crippen LogP contribution >= 0.6 is 11.6 Å². The number of aromatic nitrogens is 2. The molecule has 1 fully saturated rings. The van der Waals surface area contributed by atoms with Gasteiger partial charge in [0.1, 0.15) is 17.4 Å². The molecule has 0 radical (unpaired) electrons. The maximum atomic E-state index is 14.5. The highest BCUT2D eigenvalue weighted by molar-refractivity contribution is 6.34. The van der Waals surface area contributed by atoms with Gasteiger partial charge in [0.15, 0.2) is 0 Å². The molecular formula is C21H17ClF5N3O3. The number of halogens is 6. The number of nitrogens with zero attached hydrogens (tertiary/aromatic N) is 2. The Kier molecular flexibility index (Phi) is 7.21. The van der Waals surface area contributed by atoms with Crippen molar-refractivity contribution in [2.24, 2.45) is 0 Å². The van der Waals surface area contributed by atoms with E-state index in [1.165, 1.54) is 12.1 Å². The summed E-state index contributed by atoms with van der Waals surface area (Å²) in [7, 11) is 0. The van der Waals surface area contributed by atoms with Crippen molar-refractivity contribution in [3.8, 4) is 17.2 Å². The summed E-state index contributed by atoms with van der Waals surface area (Å²) in [4.78, 5) is 12.3. The summed E-state index contributed by atoms with van der Waals surface area (Å²) in [5.74, 6) is -2.53. The first kappa shape index (κ1) is 24.4. The third-order valence-corrected chi connectivity index (χ3v) is 4.84. The third-order valence-electron chi connectivity index (χ3n) is 4.53. The maximum Gasteiger partial charge on any atom is 0.388 e. The van der Waals surface area contributed by atoms with Crippen LogP contribution in [0.3, 0.4) is 0 Å². The van der Waals surface area contributed by atoms with Crippen LogP contribution in [0.15, 0.2) is 34.7 Å². The van der Waals surface area contributed by atoms with Gasteiger partial charge in [-0.1, -0.05) is 24.6 Å². The Morgan fingerprint density at radius 1 is 1.21 bits per heavy atom. The van der Waals surface area contributed by atoms with Crippen LogP contribution in [-0.4, -0.2) is 27.4 Å². The summed E-state index contributed by atoms with van der Waals surface area (Å²) in [5, 5.41) is 20.0. The minimum Gasteiger partial charge on any atom is -0.507 e. The van der Waals surface area contributed by atoms with Gasteiger partial charge in [-0.3, -0.25) is 4.79 Å². The number of hydrogen-bond donors (Lipinski definition) is 2. The summed E-state index contributed by atoms with van der Waals surface area (Å²) in [6, 6.07) is 5.70. The van der Waals surface area contributed by atoms with Gasteiger partial charge in [0.2, 0.25) is 5.89 Å². The molecule has 0 unspecified atom stereocenters. The second-order valence-electron chi connectivity index (χ2n) is 7.09. The fourth-order valence-electron chi connectivity index (χ4n) is 2.54. The number of phenolic OH excluding ortho intramolecular Hbond substituents is 1. The summed E-state index contributed by atoms with van der Waals surface area (Å²) >= 11 is 5.85. The maximum absolute atomic E-state index is 14.5. The number of aromatic hydroxyl groups is 1. The topological polar surface area (TPSA) is 88.3 Å². The second kappa shape index (κ2) is 9.74. The van der Waals surface area contributed by atoms with Crippen molar-refractivity contribution < 1.29 is 36.3 Å². The molecule has 1 amide bonds. The van der Waals surface area contributed by atoms with E-state index in [1.807, 2.05) is 0 Å². The number of anilines is 1. The molecule has 1 heterocycles. The Morgan fingerprint density at radius 3 is 2.45 bits per heavy atom. The van der Waals surface area contributed by atoms with Crippen LogP contribution in [0.4, 0.5) is 27.6 Å². The van der Waals surface area contributed by atoms with E-state index in [-0.39, 0.29) is 28.1 Å². The molecule has 2 N–H and O–H groups in total. The number of para-hydroxylation sites is 1. The van der Waals surface area contributed by atoms with Gasteiger partial charge in [0.05, 0.1) is 21.8 Å². The minimum atomic E-state index is -3.96. The summed E-state index contributed by atoms with van der Waals surface area (Å²) in [6.07, 6.45) is -2.81. The zero-order chi connectivity index (χ0) is 24.3. The number of rotatable bonds is 4. The zero-order valence-corrected chi connectivity index (χ0v) is 17.8. The molecule has 0 bridgehead atoms. The Balaban J connectivity index is 0.000000454. The van der Waals surface area contributed by atoms with Gasteiger partial charge in [0.25, 0.3) is 11.8 Å². The van der Waals surface area contributed by atoms with Crippen LogP contribution in [0.1, 0.15) is 48.4 Å². The van der Waals surface area contributed by atoms with E-state index in [9.17, 15) is 31.9 Å². The van der Waals surface area contributed by atoms with E-state index >= 15 is 0 Å². The lowest BCUT2D eigenvalue weighted by Crippen LogP contribution is -2.14. The molecule has 4 rings (SSSR count). The van der Waals surface area contributed by atoms with Crippen LogP contribution in [0.2, 0.25) is 5.02 Å².